The number of hydrogen-bond donors (Lipinski definition) is 1. The van der Waals surface area contributed by atoms with Crippen molar-refractivity contribution in [2.75, 3.05) is 13.2 Å². The molecule has 1 N–H and O–H groups in total. The molecule has 6 nitrogen and oxygen atoms in total. The van der Waals surface area contributed by atoms with E-state index in [0.29, 0.717) is 43.8 Å². The van der Waals surface area contributed by atoms with Crippen molar-refractivity contribution < 1.29 is 37.1 Å². The number of rotatable bonds is 10. The highest BCUT2D eigenvalue weighted by molar-refractivity contribution is 5.85. The molecule has 2 atom stereocenters. The molecule has 1 aromatic heterocycles. The summed E-state index contributed by atoms with van der Waals surface area (Å²) in [6.07, 6.45) is -1.14. The van der Waals surface area contributed by atoms with Gasteiger partial charge < -0.3 is 19.1 Å². The molecule has 2 aromatic carbocycles. The number of carboxylic acids is 1. The first-order valence-corrected chi connectivity index (χ1v) is 11.8. The van der Waals surface area contributed by atoms with Crippen molar-refractivity contribution in [1.29, 1.82) is 0 Å². The largest absolute Gasteiger partial charge is 0.493 e. The number of hydrogen-bond acceptors (Lipinski definition) is 5. The molecule has 3 aromatic rings. The minimum atomic E-state index is -4.58. The fourth-order valence-corrected chi connectivity index (χ4v) is 4.71. The summed E-state index contributed by atoms with van der Waals surface area (Å²) >= 11 is 0. The van der Waals surface area contributed by atoms with E-state index >= 15 is 0 Å². The molecule has 0 fully saturated rings. The Morgan fingerprint density at radius 1 is 1.23 bits per heavy atom. The molecule has 9 heteroatoms. The van der Waals surface area contributed by atoms with Crippen LogP contribution < -0.4 is 9.47 Å². The Hall–Kier alpha value is -3.23. The monoisotopic (exact) mass is 491 g/mol. The number of halogens is 3. The molecule has 0 radical (unpaired) electrons. The number of ether oxygens (including phenoxy) is 2. The average molecular weight is 492 g/mol. The number of aromatic nitrogens is 1. The number of fused-ring (bicyclic) bond motifs is 2. The standard InChI is InChI=1S/C26H28F3NO5/c1-3-5-20-22(11-10-21-23(20)35-30-24(21)26(27,28)29)34-13-4-12-33-17-7-9-19-16(14-17)6-8-18(19)15(2)25(31)32/h7,9-11,14-15,18H,3-6,8,12-13H2,1-2H3,(H,31,32)/t15?,18-/m1/s1. The second-order valence-corrected chi connectivity index (χ2v) is 8.88. The van der Waals surface area contributed by atoms with E-state index in [1.807, 2.05) is 25.1 Å². The van der Waals surface area contributed by atoms with Crippen molar-refractivity contribution >= 4 is 16.9 Å². The van der Waals surface area contributed by atoms with Gasteiger partial charge >= 0.3 is 12.1 Å². The lowest BCUT2D eigenvalue weighted by Crippen LogP contribution is -2.17. The first-order chi connectivity index (χ1) is 16.7. The summed E-state index contributed by atoms with van der Waals surface area (Å²) in [6.45, 7) is 4.40. The fraction of sp³-hybridized carbons (Fsp3) is 0.462. The van der Waals surface area contributed by atoms with Crippen LogP contribution in [0.5, 0.6) is 11.5 Å². The molecule has 35 heavy (non-hydrogen) atoms. The Morgan fingerprint density at radius 3 is 2.71 bits per heavy atom. The number of nitrogens with zero attached hydrogens (tertiary/aromatic N) is 1. The van der Waals surface area contributed by atoms with Gasteiger partial charge in [0.25, 0.3) is 0 Å². The zero-order valence-electron chi connectivity index (χ0n) is 19.7. The molecule has 0 saturated carbocycles. The number of benzene rings is 2. The van der Waals surface area contributed by atoms with Crippen LogP contribution in [0.4, 0.5) is 13.2 Å². The van der Waals surface area contributed by atoms with Crippen molar-refractivity contribution in [3.8, 4) is 11.5 Å². The summed E-state index contributed by atoms with van der Waals surface area (Å²) < 4.78 is 56.3. The average Bonchev–Trinajstić information content (AvgIpc) is 3.43. The van der Waals surface area contributed by atoms with E-state index in [-0.39, 0.29) is 16.9 Å². The lowest BCUT2D eigenvalue weighted by atomic mass is 9.89. The van der Waals surface area contributed by atoms with Gasteiger partial charge in [0, 0.05) is 12.0 Å². The number of aryl methyl sites for hydroxylation is 2. The van der Waals surface area contributed by atoms with Crippen LogP contribution in [-0.2, 0) is 23.8 Å². The second-order valence-electron chi connectivity index (χ2n) is 8.88. The first kappa shape index (κ1) is 24.9. The van der Waals surface area contributed by atoms with Crippen LogP contribution in [-0.4, -0.2) is 29.4 Å². The molecule has 0 aliphatic heterocycles. The second kappa shape index (κ2) is 10.2. The van der Waals surface area contributed by atoms with Gasteiger partial charge in [-0.3, -0.25) is 4.79 Å². The molecule has 4 rings (SSSR count). The van der Waals surface area contributed by atoms with Crippen LogP contribution in [0.3, 0.4) is 0 Å². The Morgan fingerprint density at radius 2 is 2.00 bits per heavy atom. The maximum atomic E-state index is 13.2. The van der Waals surface area contributed by atoms with E-state index < -0.39 is 23.8 Å². The molecule has 0 spiro atoms. The van der Waals surface area contributed by atoms with E-state index in [2.05, 4.69) is 5.16 Å². The van der Waals surface area contributed by atoms with Crippen LogP contribution in [0.15, 0.2) is 34.9 Å². The van der Waals surface area contributed by atoms with Crippen LogP contribution >= 0.6 is 0 Å². The predicted molar refractivity (Wildman–Crippen MR) is 123 cm³/mol. The van der Waals surface area contributed by atoms with Gasteiger partial charge in [-0.05, 0) is 60.6 Å². The summed E-state index contributed by atoms with van der Waals surface area (Å²) in [5, 5.41) is 12.5. The van der Waals surface area contributed by atoms with Crippen molar-refractivity contribution in [2.45, 2.75) is 58.0 Å². The first-order valence-electron chi connectivity index (χ1n) is 11.8. The molecule has 1 unspecified atom stereocenters. The van der Waals surface area contributed by atoms with Crippen molar-refractivity contribution in [3.63, 3.8) is 0 Å². The van der Waals surface area contributed by atoms with Crippen molar-refractivity contribution in [1.82, 2.24) is 5.16 Å². The number of carboxylic acid groups (broad SMARTS) is 1. The Kier molecular flexibility index (Phi) is 7.23. The number of carbonyl (C=O) groups is 1. The van der Waals surface area contributed by atoms with Crippen molar-refractivity contribution in [2.24, 2.45) is 5.92 Å². The molecule has 0 amide bonds. The predicted octanol–water partition coefficient (Wildman–Crippen LogP) is 6.40. The Balaban J connectivity index is 1.34. The summed E-state index contributed by atoms with van der Waals surface area (Å²) in [6, 6.07) is 8.66. The number of alkyl halides is 3. The van der Waals surface area contributed by atoms with Gasteiger partial charge in [-0.1, -0.05) is 31.5 Å². The van der Waals surface area contributed by atoms with Crippen molar-refractivity contribution in [3.05, 3.63) is 52.7 Å². The van der Waals surface area contributed by atoms with Gasteiger partial charge in [0.1, 0.15) is 11.5 Å². The minimum Gasteiger partial charge on any atom is -0.493 e. The van der Waals surface area contributed by atoms with Gasteiger partial charge in [-0.2, -0.15) is 13.2 Å². The van der Waals surface area contributed by atoms with Gasteiger partial charge in [0.05, 0.1) is 24.5 Å². The molecular weight excluding hydrogens is 463 g/mol. The van der Waals surface area contributed by atoms with Gasteiger partial charge in [0.2, 0.25) is 0 Å². The molecule has 1 heterocycles. The van der Waals surface area contributed by atoms with Crippen LogP contribution in [0.2, 0.25) is 0 Å². The topological polar surface area (TPSA) is 81.8 Å². The summed E-state index contributed by atoms with van der Waals surface area (Å²) in [5.74, 6) is 0.0286. The summed E-state index contributed by atoms with van der Waals surface area (Å²) in [7, 11) is 0. The molecule has 0 bridgehead atoms. The quantitative estimate of drug-likeness (QED) is 0.331. The summed E-state index contributed by atoms with van der Waals surface area (Å²) in [5.41, 5.74) is 1.87. The number of aliphatic carboxylic acids is 1. The lowest BCUT2D eigenvalue weighted by Gasteiger charge is -2.16. The molecule has 0 saturated heterocycles. The highest BCUT2D eigenvalue weighted by atomic mass is 19.4. The van der Waals surface area contributed by atoms with Gasteiger partial charge in [-0.25, -0.2) is 0 Å². The van der Waals surface area contributed by atoms with Gasteiger partial charge in [-0.15, -0.1) is 0 Å². The van der Waals surface area contributed by atoms with E-state index in [1.54, 1.807) is 6.92 Å². The van der Waals surface area contributed by atoms with E-state index in [1.165, 1.54) is 12.1 Å². The third-order valence-corrected chi connectivity index (χ3v) is 6.52. The molecular formula is C26H28F3NO5. The normalized spacial score (nSPS) is 16.3. The van der Waals surface area contributed by atoms with Gasteiger partial charge in [0.15, 0.2) is 11.3 Å². The Bertz CT molecular complexity index is 1200. The highest BCUT2D eigenvalue weighted by Gasteiger charge is 2.37. The lowest BCUT2D eigenvalue weighted by molar-refractivity contribution is -0.142. The smallest absolute Gasteiger partial charge is 0.437 e. The van der Waals surface area contributed by atoms with Crippen LogP contribution in [0.1, 0.15) is 61.4 Å². The molecule has 1 aliphatic rings. The fourth-order valence-electron chi connectivity index (χ4n) is 4.71. The van der Waals surface area contributed by atoms with E-state index in [9.17, 15) is 23.1 Å². The van der Waals surface area contributed by atoms with Crippen LogP contribution in [0.25, 0.3) is 11.0 Å². The zero-order valence-corrected chi connectivity index (χ0v) is 19.7. The van der Waals surface area contributed by atoms with E-state index in [4.69, 9.17) is 14.0 Å². The summed E-state index contributed by atoms with van der Waals surface area (Å²) in [4.78, 5) is 11.3. The minimum absolute atomic E-state index is 0.0242. The third kappa shape index (κ3) is 5.23. The molecule has 1 aliphatic carbocycles. The maximum Gasteiger partial charge on any atom is 0.437 e. The maximum absolute atomic E-state index is 13.2. The molecule has 188 valence electrons. The SMILES string of the molecule is CCCc1c(OCCCOc2ccc3c(c2)CC[C@@H]3C(C)C(=O)O)ccc2c(C(F)(F)F)noc12. The zero-order chi connectivity index (χ0) is 25.2. The Labute approximate surface area is 201 Å². The van der Waals surface area contributed by atoms with Crippen LogP contribution in [0, 0.1) is 5.92 Å². The third-order valence-electron chi connectivity index (χ3n) is 6.52. The van der Waals surface area contributed by atoms with E-state index in [0.717, 1.165) is 29.7 Å². The highest BCUT2D eigenvalue weighted by Crippen LogP contribution is 2.40.